The summed E-state index contributed by atoms with van der Waals surface area (Å²) in [6, 6.07) is 10.1. The highest BCUT2D eigenvalue weighted by Gasteiger charge is 2.37. The molecule has 1 fully saturated rings. The van der Waals surface area contributed by atoms with E-state index in [2.05, 4.69) is 30.6 Å². The molecule has 1 saturated carbocycles. The Labute approximate surface area is 303 Å². The van der Waals surface area contributed by atoms with Crippen LogP contribution in [0.25, 0.3) is 22.1 Å². The number of aryl methyl sites for hydroxylation is 6. The second kappa shape index (κ2) is 14.0. The first-order valence-electron chi connectivity index (χ1n) is 17.6. The molecule has 2 atom stereocenters. The third-order valence-corrected chi connectivity index (χ3v) is 9.72. The molecule has 4 amide bonds. The van der Waals surface area contributed by atoms with Crippen molar-refractivity contribution < 1.29 is 28.0 Å². The molecule has 7 rings (SSSR count). The Balaban J connectivity index is 1.08. The number of fused-ring (bicyclic) bond motifs is 2. The summed E-state index contributed by atoms with van der Waals surface area (Å²) in [6.45, 7) is 8.29. The number of aromatic nitrogens is 6. The average molecular weight is 721 g/mol. The smallest absolute Gasteiger partial charge is 0.295 e. The molecule has 6 aromatic rings. The Morgan fingerprint density at radius 2 is 1.11 bits per heavy atom. The molecule has 6 N–H and O–H groups in total. The molecule has 53 heavy (non-hydrogen) atoms. The van der Waals surface area contributed by atoms with Gasteiger partial charge in [0.2, 0.25) is 35.2 Å². The summed E-state index contributed by atoms with van der Waals surface area (Å²) in [6.07, 6.45) is 3.66. The summed E-state index contributed by atoms with van der Waals surface area (Å²) >= 11 is 0. The Kier molecular flexibility index (Phi) is 9.28. The minimum Gasteiger partial charge on any atom is -0.436 e. The zero-order valence-electron chi connectivity index (χ0n) is 29.9. The van der Waals surface area contributed by atoms with Crippen molar-refractivity contribution in [1.82, 2.24) is 29.1 Å². The number of carbonyl (C=O) groups is 4. The number of nitrogens with zero attached hydrogens (tertiary/aromatic N) is 6. The van der Waals surface area contributed by atoms with E-state index in [1.807, 2.05) is 23.0 Å². The number of anilines is 2. The van der Waals surface area contributed by atoms with Gasteiger partial charge >= 0.3 is 0 Å². The number of hydrogen-bond donors (Lipinski definition) is 4. The first kappa shape index (κ1) is 35.1. The summed E-state index contributed by atoms with van der Waals surface area (Å²) in [7, 11) is 0. The lowest BCUT2D eigenvalue weighted by Crippen LogP contribution is -2.17. The molecular weight excluding hydrogens is 680 g/mol. The Hall–Kier alpha value is -6.32. The number of benzene rings is 2. The van der Waals surface area contributed by atoms with Crippen LogP contribution in [-0.2, 0) is 25.9 Å². The summed E-state index contributed by atoms with van der Waals surface area (Å²) < 4.78 is 15.1. The van der Waals surface area contributed by atoms with E-state index < -0.39 is 23.6 Å². The van der Waals surface area contributed by atoms with Crippen molar-refractivity contribution in [3.05, 3.63) is 82.2 Å². The molecule has 0 bridgehead atoms. The molecule has 0 aliphatic heterocycles. The fraction of sp³-hybridized carbons (Fsp3) is 0.351. The van der Waals surface area contributed by atoms with Crippen LogP contribution >= 0.6 is 0 Å². The molecule has 2 unspecified atom stereocenters. The summed E-state index contributed by atoms with van der Waals surface area (Å²) in [5.41, 5.74) is 15.4. The van der Waals surface area contributed by atoms with E-state index in [9.17, 15) is 19.2 Å². The van der Waals surface area contributed by atoms with Gasteiger partial charge in [0.25, 0.3) is 11.8 Å². The van der Waals surface area contributed by atoms with Crippen molar-refractivity contribution in [3.63, 3.8) is 0 Å². The van der Waals surface area contributed by atoms with Crippen LogP contribution in [0.3, 0.4) is 0 Å². The molecule has 4 heterocycles. The molecule has 0 spiro atoms. The first-order chi connectivity index (χ1) is 25.4. The van der Waals surface area contributed by atoms with E-state index in [0.717, 1.165) is 30.3 Å². The third kappa shape index (κ3) is 6.99. The van der Waals surface area contributed by atoms with Gasteiger partial charge in [0, 0.05) is 38.1 Å². The normalized spacial score (nSPS) is 15.2. The number of amides is 4. The van der Waals surface area contributed by atoms with Crippen molar-refractivity contribution in [2.24, 2.45) is 23.3 Å². The summed E-state index contributed by atoms with van der Waals surface area (Å²) in [5, 5.41) is 5.80. The lowest BCUT2D eigenvalue weighted by Gasteiger charge is -2.11. The van der Waals surface area contributed by atoms with Gasteiger partial charge in [0.05, 0.1) is 33.5 Å². The van der Waals surface area contributed by atoms with Gasteiger partial charge < -0.3 is 29.4 Å². The van der Waals surface area contributed by atoms with E-state index >= 15 is 0 Å². The zero-order chi connectivity index (χ0) is 37.6. The van der Waals surface area contributed by atoms with Gasteiger partial charge in [-0.05, 0) is 80.3 Å². The van der Waals surface area contributed by atoms with Gasteiger partial charge in [0.1, 0.15) is 0 Å². The molecule has 0 saturated heterocycles. The maximum atomic E-state index is 13.3. The summed E-state index contributed by atoms with van der Waals surface area (Å²) in [4.78, 5) is 68.4. The Morgan fingerprint density at radius 3 is 1.49 bits per heavy atom. The van der Waals surface area contributed by atoms with Crippen LogP contribution in [0.2, 0.25) is 0 Å². The van der Waals surface area contributed by atoms with Gasteiger partial charge in [-0.2, -0.15) is 0 Å². The number of hydrogen-bond acceptors (Lipinski definition) is 10. The van der Waals surface area contributed by atoms with Crippen molar-refractivity contribution in [2.75, 3.05) is 10.6 Å². The Bertz CT molecular complexity index is 2250. The number of primary amides is 2. The van der Waals surface area contributed by atoms with Gasteiger partial charge in [-0.15, -0.1) is 0 Å². The van der Waals surface area contributed by atoms with Gasteiger partial charge in [-0.3, -0.25) is 29.8 Å². The lowest BCUT2D eigenvalue weighted by atomic mass is 10.1. The number of carbonyl (C=O) groups excluding carboxylic acids is 4. The van der Waals surface area contributed by atoms with Gasteiger partial charge in [-0.1, -0.05) is 13.8 Å². The van der Waals surface area contributed by atoms with Crippen molar-refractivity contribution >= 4 is 57.6 Å². The van der Waals surface area contributed by atoms with Crippen LogP contribution in [0.5, 0.6) is 0 Å². The van der Waals surface area contributed by atoms with E-state index in [-0.39, 0.29) is 11.5 Å². The Morgan fingerprint density at radius 1 is 0.698 bits per heavy atom. The zero-order valence-corrected chi connectivity index (χ0v) is 29.9. The highest BCUT2D eigenvalue weighted by molar-refractivity contribution is 6.04. The molecule has 1 aliphatic rings. The van der Waals surface area contributed by atoms with Crippen LogP contribution in [0, 0.1) is 25.7 Å². The van der Waals surface area contributed by atoms with Crippen molar-refractivity contribution in [2.45, 2.75) is 72.9 Å². The molecular formula is C37H40N10O6. The predicted molar refractivity (Wildman–Crippen MR) is 194 cm³/mol. The fourth-order valence-electron chi connectivity index (χ4n) is 6.91. The molecule has 1 aliphatic carbocycles. The van der Waals surface area contributed by atoms with Crippen LogP contribution in [-0.4, -0.2) is 52.7 Å². The molecule has 0 radical (unpaired) electrons. The third-order valence-electron chi connectivity index (χ3n) is 9.72. The minimum absolute atomic E-state index is 0.138. The predicted octanol–water partition coefficient (Wildman–Crippen LogP) is 4.92. The number of nitrogens with two attached hydrogens (primary N) is 2. The van der Waals surface area contributed by atoms with Crippen LogP contribution in [0.4, 0.5) is 11.9 Å². The monoisotopic (exact) mass is 720 g/mol. The van der Waals surface area contributed by atoms with Crippen molar-refractivity contribution in [1.29, 1.82) is 0 Å². The van der Waals surface area contributed by atoms with Crippen LogP contribution in [0.15, 0.2) is 45.2 Å². The molecule has 2 aromatic carbocycles. The lowest BCUT2D eigenvalue weighted by molar-refractivity contribution is 0.0985. The SMILES string of the molecule is CCc1nc(C)oc1C(=O)Nc1nc2cc(C(N)=O)ccc2n1CCC1CC1CCn1c(NC(=O)c2oc(C)nc2CC)nc2cc(C(N)=O)ccc21. The molecule has 16 heteroatoms. The molecule has 16 nitrogen and oxygen atoms in total. The molecule has 274 valence electrons. The average Bonchev–Trinajstić information content (AvgIpc) is 3.40. The molecule has 4 aromatic heterocycles. The van der Waals surface area contributed by atoms with Gasteiger partial charge in [0.15, 0.2) is 11.8 Å². The van der Waals surface area contributed by atoms with E-state index in [1.165, 1.54) is 0 Å². The number of imidazole rings is 2. The van der Waals surface area contributed by atoms with Crippen LogP contribution in [0.1, 0.15) is 98.1 Å². The topological polar surface area (TPSA) is 232 Å². The standard InChI is InChI=1S/C37H40N10O6/c1-5-24-30(52-18(3)40-24)34(50)44-36-42-26-16-22(32(38)48)7-9-28(26)46(36)13-11-20-15-21(20)12-14-47-29-10-8-23(33(39)49)17-27(29)43-37(47)45-35(51)31-25(6-2)41-19(4)53-31/h7-10,16-17,20-21H,5-6,11-15H2,1-4H3,(H2,38,48)(H2,39,49)(H,42,44,50)(H,43,45,51). The second-order valence-electron chi connectivity index (χ2n) is 13.3. The maximum absolute atomic E-state index is 13.3. The van der Waals surface area contributed by atoms with Gasteiger partial charge in [-0.25, -0.2) is 19.9 Å². The van der Waals surface area contributed by atoms with E-state index in [4.69, 9.17) is 20.3 Å². The summed E-state index contributed by atoms with van der Waals surface area (Å²) in [5.74, 6) is 0.455. The highest BCUT2D eigenvalue weighted by Crippen LogP contribution is 2.45. The number of nitrogens with one attached hydrogen (secondary N) is 2. The van der Waals surface area contributed by atoms with Crippen LogP contribution < -0.4 is 22.1 Å². The quantitative estimate of drug-likeness (QED) is 0.119. The largest absolute Gasteiger partial charge is 0.436 e. The second-order valence-corrected chi connectivity index (χ2v) is 13.3. The van der Waals surface area contributed by atoms with Crippen molar-refractivity contribution in [3.8, 4) is 0 Å². The number of rotatable bonds is 14. The minimum atomic E-state index is -0.571. The number of oxazole rings is 2. The fourth-order valence-corrected chi connectivity index (χ4v) is 6.91. The van der Waals surface area contributed by atoms with E-state index in [0.29, 0.717) is 95.0 Å². The highest BCUT2D eigenvalue weighted by atomic mass is 16.4. The van der Waals surface area contributed by atoms with E-state index in [1.54, 1.807) is 50.2 Å². The maximum Gasteiger partial charge on any atom is 0.295 e. The first-order valence-corrected chi connectivity index (χ1v) is 17.6.